The topological polar surface area (TPSA) is 62.7 Å². The second kappa shape index (κ2) is 8.12. The first-order valence-electron chi connectivity index (χ1n) is 8.67. The molecular formula is C20H24N2O3. The molecule has 0 amide bonds. The number of piperidine rings is 1. The molecule has 1 aliphatic heterocycles. The van der Waals surface area contributed by atoms with E-state index in [1.54, 1.807) is 6.20 Å². The molecule has 5 nitrogen and oxygen atoms in total. The van der Waals surface area contributed by atoms with Crippen molar-refractivity contribution < 1.29 is 14.6 Å². The third-order valence-electron chi connectivity index (χ3n) is 4.55. The summed E-state index contributed by atoms with van der Waals surface area (Å²) in [6.07, 6.45) is 2.51. The number of aliphatic carboxylic acids is 1. The lowest BCUT2D eigenvalue weighted by molar-refractivity contribution is -0.144. The van der Waals surface area contributed by atoms with Crippen LogP contribution >= 0.6 is 0 Å². The normalized spacial score (nSPS) is 21.0. The molecule has 0 bridgehead atoms. The molecule has 1 aliphatic rings. The van der Waals surface area contributed by atoms with Crippen molar-refractivity contribution in [1.29, 1.82) is 0 Å². The zero-order valence-corrected chi connectivity index (χ0v) is 14.5. The zero-order chi connectivity index (χ0) is 17.6. The Kier molecular flexibility index (Phi) is 5.66. The van der Waals surface area contributed by atoms with Crippen LogP contribution in [0.3, 0.4) is 0 Å². The van der Waals surface area contributed by atoms with Crippen molar-refractivity contribution in [1.82, 2.24) is 9.88 Å². The maximum Gasteiger partial charge on any atom is 0.307 e. The number of rotatable bonds is 6. The first-order valence-corrected chi connectivity index (χ1v) is 8.67. The Balaban J connectivity index is 1.67. The molecule has 0 spiro atoms. The standard InChI is InChI=1S/C20H24N2O3/c1-15-10-17(20(23)24)13-22(11-15)12-16-6-2-3-8-19(16)25-14-18-7-4-5-9-21-18/h2-9,15,17H,10-14H2,1H3,(H,23,24). The van der Waals surface area contributed by atoms with Crippen LogP contribution in [0.2, 0.25) is 0 Å². The lowest BCUT2D eigenvalue weighted by atomic mass is 9.90. The first kappa shape index (κ1) is 17.4. The van der Waals surface area contributed by atoms with Crippen molar-refractivity contribution in [2.24, 2.45) is 11.8 Å². The van der Waals surface area contributed by atoms with E-state index in [1.807, 2.05) is 42.5 Å². The Morgan fingerprint density at radius 3 is 2.80 bits per heavy atom. The lowest BCUT2D eigenvalue weighted by Gasteiger charge is -2.34. The fourth-order valence-corrected chi connectivity index (χ4v) is 3.42. The third kappa shape index (κ3) is 4.79. The van der Waals surface area contributed by atoms with E-state index < -0.39 is 5.97 Å². The molecule has 1 fully saturated rings. The van der Waals surface area contributed by atoms with Crippen LogP contribution in [-0.4, -0.2) is 34.0 Å². The van der Waals surface area contributed by atoms with Gasteiger partial charge in [-0.05, 0) is 30.5 Å². The molecule has 2 aromatic rings. The van der Waals surface area contributed by atoms with Crippen LogP contribution in [-0.2, 0) is 17.9 Å². The van der Waals surface area contributed by atoms with Gasteiger partial charge < -0.3 is 9.84 Å². The molecule has 0 aliphatic carbocycles. The van der Waals surface area contributed by atoms with E-state index in [9.17, 15) is 9.90 Å². The van der Waals surface area contributed by atoms with Crippen LogP contribution in [0.25, 0.3) is 0 Å². The highest BCUT2D eigenvalue weighted by Gasteiger charge is 2.29. The minimum atomic E-state index is -0.698. The molecule has 3 rings (SSSR count). The number of hydrogen-bond donors (Lipinski definition) is 1. The van der Waals surface area contributed by atoms with E-state index >= 15 is 0 Å². The monoisotopic (exact) mass is 340 g/mol. The average Bonchev–Trinajstić information content (AvgIpc) is 2.61. The Morgan fingerprint density at radius 2 is 2.04 bits per heavy atom. The van der Waals surface area contributed by atoms with Gasteiger partial charge in [-0.15, -0.1) is 0 Å². The van der Waals surface area contributed by atoms with Crippen molar-refractivity contribution >= 4 is 5.97 Å². The smallest absolute Gasteiger partial charge is 0.307 e. The Morgan fingerprint density at radius 1 is 1.24 bits per heavy atom. The van der Waals surface area contributed by atoms with Gasteiger partial charge in [0.05, 0.1) is 11.6 Å². The third-order valence-corrected chi connectivity index (χ3v) is 4.55. The van der Waals surface area contributed by atoms with E-state index in [1.165, 1.54) is 0 Å². The number of hydrogen-bond acceptors (Lipinski definition) is 4. The van der Waals surface area contributed by atoms with E-state index in [0.29, 0.717) is 25.6 Å². The molecule has 132 valence electrons. The van der Waals surface area contributed by atoms with Gasteiger partial charge in [0.15, 0.2) is 0 Å². The molecule has 1 saturated heterocycles. The van der Waals surface area contributed by atoms with Crippen LogP contribution < -0.4 is 4.74 Å². The highest BCUT2D eigenvalue weighted by atomic mass is 16.5. The molecule has 2 heterocycles. The number of aromatic nitrogens is 1. The molecule has 5 heteroatoms. The maximum atomic E-state index is 11.4. The van der Waals surface area contributed by atoms with Crippen LogP contribution in [0.15, 0.2) is 48.7 Å². The minimum absolute atomic E-state index is 0.287. The summed E-state index contributed by atoms with van der Waals surface area (Å²) >= 11 is 0. The number of benzene rings is 1. The van der Waals surface area contributed by atoms with Crippen LogP contribution in [0.1, 0.15) is 24.6 Å². The number of ether oxygens (including phenoxy) is 1. The predicted octanol–water partition coefficient (Wildman–Crippen LogP) is 3.20. The van der Waals surface area contributed by atoms with Gasteiger partial charge in [0, 0.05) is 31.4 Å². The summed E-state index contributed by atoms with van der Waals surface area (Å²) < 4.78 is 5.96. The van der Waals surface area contributed by atoms with Gasteiger partial charge in [0.1, 0.15) is 12.4 Å². The zero-order valence-electron chi connectivity index (χ0n) is 14.5. The molecule has 1 aromatic heterocycles. The second-order valence-electron chi connectivity index (χ2n) is 6.79. The van der Waals surface area contributed by atoms with E-state index in [4.69, 9.17) is 4.74 Å². The van der Waals surface area contributed by atoms with Crippen molar-refractivity contribution in [2.75, 3.05) is 13.1 Å². The fraction of sp³-hybridized carbons (Fsp3) is 0.400. The maximum absolute atomic E-state index is 11.4. The van der Waals surface area contributed by atoms with Crippen molar-refractivity contribution in [2.45, 2.75) is 26.5 Å². The summed E-state index contributed by atoms with van der Waals surface area (Å²) in [5, 5.41) is 9.35. The van der Waals surface area contributed by atoms with E-state index in [-0.39, 0.29) is 5.92 Å². The molecule has 1 N–H and O–H groups in total. The van der Waals surface area contributed by atoms with Gasteiger partial charge in [0.2, 0.25) is 0 Å². The Hall–Kier alpha value is -2.40. The number of pyridine rings is 1. The fourth-order valence-electron chi connectivity index (χ4n) is 3.42. The Labute approximate surface area is 148 Å². The summed E-state index contributed by atoms with van der Waals surface area (Å²) in [6.45, 7) is 4.75. The van der Waals surface area contributed by atoms with E-state index in [0.717, 1.165) is 30.0 Å². The van der Waals surface area contributed by atoms with Gasteiger partial charge in [-0.3, -0.25) is 14.7 Å². The second-order valence-corrected chi connectivity index (χ2v) is 6.79. The van der Waals surface area contributed by atoms with Crippen LogP contribution in [0.4, 0.5) is 0 Å². The van der Waals surface area contributed by atoms with Gasteiger partial charge in [-0.2, -0.15) is 0 Å². The molecule has 0 saturated carbocycles. The summed E-state index contributed by atoms with van der Waals surface area (Å²) in [6, 6.07) is 13.7. The first-order chi connectivity index (χ1) is 12.1. The molecule has 2 atom stereocenters. The molecular weight excluding hydrogens is 316 g/mol. The summed E-state index contributed by atoms with van der Waals surface area (Å²) in [4.78, 5) is 17.9. The van der Waals surface area contributed by atoms with Gasteiger partial charge in [-0.1, -0.05) is 31.2 Å². The number of nitrogens with zero attached hydrogens (tertiary/aromatic N) is 2. The van der Waals surface area contributed by atoms with Gasteiger partial charge in [0.25, 0.3) is 0 Å². The van der Waals surface area contributed by atoms with Gasteiger partial charge >= 0.3 is 5.97 Å². The minimum Gasteiger partial charge on any atom is -0.487 e. The SMILES string of the molecule is CC1CC(C(=O)O)CN(Cc2ccccc2OCc2ccccn2)C1. The summed E-state index contributed by atoms with van der Waals surface area (Å²) in [5.41, 5.74) is 1.96. The molecule has 2 unspecified atom stereocenters. The highest BCUT2D eigenvalue weighted by Crippen LogP contribution is 2.26. The predicted molar refractivity (Wildman–Crippen MR) is 95.2 cm³/mol. The van der Waals surface area contributed by atoms with Crippen molar-refractivity contribution in [3.05, 3.63) is 59.9 Å². The quantitative estimate of drug-likeness (QED) is 0.875. The number of carboxylic acids is 1. The highest BCUT2D eigenvalue weighted by molar-refractivity contribution is 5.70. The number of likely N-dealkylation sites (tertiary alicyclic amines) is 1. The Bertz CT molecular complexity index is 705. The van der Waals surface area contributed by atoms with Crippen molar-refractivity contribution in [3.63, 3.8) is 0 Å². The number of para-hydroxylation sites is 1. The lowest BCUT2D eigenvalue weighted by Crippen LogP contribution is -2.42. The number of carboxylic acid groups (broad SMARTS) is 1. The van der Waals surface area contributed by atoms with E-state index in [2.05, 4.69) is 16.8 Å². The van der Waals surface area contributed by atoms with Gasteiger partial charge in [-0.25, -0.2) is 0 Å². The van der Waals surface area contributed by atoms with Crippen LogP contribution in [0, 0.1) is 11.8 Å². The summed E-state index contributed by atoms with van der Waals surface area (Å²) in [5.74, 6) is 0.233. The number of carbonyl (C=O) groups is 1. The molecule has 0 radical (unpaired) electrons. The largest absolute Gasteiger partial charge is 0.487 e. The van der Waals surface area contributed by atoms with Crippen molar-refractivity contribution in [3.8, 4) is 5.75 Å². The average molecular weight is 340 g/mol. The van der Waals surface area contributed by atoms with Crippen LogP contribution in [0.5, 0.6) is 5.75 Å². The molecule has 1 aromatic carbocycles. The molecule has 25 heavy (non-hydrogen) atoms. The summed E-state index contributed by atoms with van der Waals surface area (Å²) in [7, 11) is 0.